The Morgan fingerprint density at radius 2 is 2.00 bits per heavy atom. The fourth-order valence-corrected chi connectivity index (χ4v) is 6.26. The quantitative estimate of drug-likeness (QED) is 0.542. The van der Waals surface area contributed by atoms with E-state index in [1.807, 2.05) is 44.2 Å². The minimum Gasteiger partial charge on any atom is -0.380 e. The Hall–Kier alpha value is -2.15. The van der Waals surface area contributed by atoms with Gasteiger partial charge in [0, 0.05) is 17.8 Å². The van der Waals surface area contributed by atoms with Crippen molar-refractivity contribution in [3.05, 3.63) is 51.4 Å². The lowest BCUT2D eigenvalue weighted by Crippen LogP contribution is -2.58. The van der Waals surface area contributed by atoms with Gasteiger partial charge in [0.1, 0.15) is 11.0 Å². The Bertz CT molecular complexity index is 1070. The molecule has 1 unspecified atom stereocenters. The van der Waals surface area contributed by atoms with E-state index in [1.54, 1.807) is 11.1 Å². The van der Waals surface area contributed by atoms with Gasteiger partial charge in [-0.15, -0.1) is 0 Å². The lowest BCUT2D eigenvalue weighted by molar-refractivity contribution is -0.119. The average molecular weight is 515 g/mol. The van der Waals surface area contributed by atoms with E-state index in [2.05, 4.69) is 47.1 Å². The molecule has 2 bridgehead atoms. The Kier molecular flexibility index (Phi) is 6.72. The summed E-state index contributed by atoms with van der Waals surface area (Å²) in [6.07, 6.45) is 4.91. The number of halogens is 1. The second kappa shape index (κ2) is 9.24. The summed E-state index contributed by atoms with van der Waals surface area (Å²) in [5, 5.41) is 7.93. The van der Waals surface area contributed by atoms with Crippen molar-refractivity contribution in [3.63, 3.8) is 0 Å². The number of aromatic nitrogens is 2. The van der Waals surface area contributed by atoms with Crippen LogP contribution in [0.3, 0.4) is 0 Å². The van der Waals surface area contributed by atoms with Crippen LogP contribution in [0.2, 0.25) is 0 Å². The molecular formula is C26H35BrN4O2. The molecule has 6 nitrogen and oxygen atoms in total. The van der Waals surface area contributed by atoms with Gasteiger partial charge in [-0.3, -0.25) is 9.59 Å². The molecule has 1 amide bonds. The Morgan fingerprint density at radius 1 is 1.30 bits per heavy atom. The molecule has 0 radical (unpaired) electrons. The van der Waals surface area contributed by atoms with Crippen molar-refractivity contribution in [1.29, 1.82) is 0 Å². The van der Waals surface area contributed by atoms with Crippen molar-refractivity contribution in [2.24, 2.45) is 23.2 Å². The molecule has 178 valence electrons. The van der Waals surface area contributed by atoms with Gasteiger partial charge in [-0.2, -0.15) is 5.10 Å². The van der Waals surface area contributed by atoms with Gasteiger partial charge >= 0.3 is 0 Å². The van der Waals surface area contributed by atoms with Crippen LogP contribution in [0.1, 0.15) is 53.9 Å². The maximum Gasteiger partial charge on any atom is 0.283 e. The third-order valence-electron chi connectivity index (χ3n) is 8.30. The molecule has 3 aliphatic carbocycles. The van der Waals surface area contributed by atoms with E-state index < -0.39 is 0 Å². The maximum absolute atomic E-state index is 13.2. The molecule has 0 aliphatic heterocycles. The normalized spacial score (nSPS) is 26.2. The van der Waals surface area contributed by atoms with Crippen molar-refractivity contribution >= 4 is 33.2 Å². The first-order valence-corrected chi connectivity index (χ1v) is 12.8. The van der Waals surface area contributed by atoms with Crippen LogP contribution in [0.25, 0.3) is 0 Å². The molecule has 2 aromatic rings. The van der Waals surface area contributed by atoms with Crippen LogP contribution < -0.4 is 15.8 Å². The number of anilines is 2. The van der Waals surface area contributed by atoms with Crippen LogP contribution in [0.5, 0.6) is 0 Å². The third kappa shape index (κ3) is 4.36. The fraction of sp³-hybridized carbons (Fsp3) is 0.577. The number of carbonyl (C=O) groups excluding carboxylic acids is 1. The molecule has 5 atom stereocenters. The number of rotatable bonds is 7. The lowest BCUT2D eigenvalue weighted by atomic mass is 9.45. The summed E-state index contributed by atoms with van der Waals surface area (Å²) < 4.78 is 1.69. The SMILES string of the molecule is CCC(C)N(C(=O)Cn1ncc(N[C@@H]2C[C@@H]3C[C@H]([C@H]2C)C3(C)C)c(Br)c1=O)c1ccccc1. The van der Waals surface area contributed by atoms with Gasteiger partial charge in [0.15, 0.2) is 0 Å². The average Bonchev–Trinajstić information content (AvgIpc) is 2.80. The second-order valence-electron chi connectivity index (χ2n) is 10.4. The van der Waals surface area contributed by atoms with E-state index in [1.165, 1.54) is 11.1 Å². The summed E-state index contributed by atoms with van der Waals surface area (Å²) in [7, 11) is 0. The van der Waals surface area contributed by atoms with Gasteiger partial charge in [-0.1, -0.05) is 45.9 Å². The molecule has 5 rings (SSSR count). The predicted octanol–water partition coefficient (Wildman–Crippen LogP) is 5.32. The molecule has 3 aliphatic rings. The number of benzene rings is 1. The lowest BCUT2D eigenvalue weighted by Gasteiger charge is -2.62. The summed E-state index contributed by atoms with van der Waals surface area (Å²) in [6.45, 7) is 11.0. The Morgan fingerprint density at radius 3 is 2.61 bits per heavy atom. The highest BCUT2D eigenvalue weighted by Crippen LogP contribution is 2.61. The van der Waals surface area contributed by atoms with E-state index >= 15 is 0 Å². The molecule has 7 heteroatoms. The summed E-state index contributed by atoms with van der Waals surface area (Å²) in [5.41, 5.74) is 1.66. The van der Waals surface area contributed by atoms with Gasteiger partial charge in [0.25, 0.3) is 5.56 Å². The Labute approximate surface area is 204 Å². The summed E-state index contributed by atoms with van der Waals surface area (Å²) >= 11 is 3.48. The number of carbonyl (C=O) groups is 1. The zero-order valence-electron chi connectivity index (χ0n) is 20.2. The van der Waals surface area contributed by atoms with Crippen LogP contribution in [-0.4, -0.2) is 27.8 Å². The molecule has 1 aromatic heterocycles. The molecule has 0 spiro atoms. The monoisotopic (exact) mass is 514 g/mol. The number of nitrogens with zero attached hydrogens (tertiary/aromatic N) is 3. The third-order valence-corrected chi connectivity index (χ3v) is 9.07. The van der Waals surface area contributed by atoms with Gasteiger partial charge in [0.2, 0.25) is 5.91 Å². The van der Waals surface area contributed by atoms with Crippen LogP contribution >= 0.6 is 15.9 Å². The minimum atomic E-state index is -0.292. The first-order chi connectivity index (χ1) is 15.6. The largest absolute Gasteiger partial charge is 0.380 e. The highest BCUT2D eigenvalue weighted by molar-refractivity contribution is 9.10. The zero-order valence-corrected chi connectivity index (χ0v) is 21.8. The van der Waals surface area contributed by atoms with E-state index in [4.69, 9.17) is 0 Å². The molecule has 1 aromatic carbocycles. The topological polar surface area (TPSA) is 67.2 Å². The number of hydrogen-bond donors (Lipinski definition) is 1. The maximum atomic E-state index is 13.2. The number of nitrogens with one attached hydrogen (secondary N) is 1. The highest BCUT2D eigenvalue weighted by Gasteiger charge is 2.56. The van der Waals surface area contributed by atoms with Gasteiger partial charge < -0.3 is 10.2 Å². The molecule has 3 fully saturated rings. The standard InChI is InChI=1S/C26H35BrN4O2/c1-6-16(2)31(19-10-8-7-9-11-19)23(32)15-30-25(33)24(27)22(14-28-30)29-21-13-18-12-20(17(21)3)26(18,4)5/h7-11,14,16-18,20-21,29H,6,12-13,15H2,1-5H3/t16?,17-,18+,20-,21-/m1/s1. The molecule has 1 N–H and O–H groups in total. The minimum absolute atomic E-state index is 0.0171. The second-order valence-corrected chi connectivity index (χ2v) is 11.2. The van der Waals surface area contributed by atoms with Crippen LogP contribution in [0.15, 0.2) is 45.8 Å². The van der Waals surface area contributed by atoms with Gasteiger partial charge in [0.05, 0.1) is 11.9 Å². The number of fused-ring (bicyclic) bond motifs is 2. The molecule has 0 saturated heterocycles. The van der Waals surface area contributed by atoms with Crippen molar-refractivity contribution in [3.8, 4) is 0 Å². The van der Waals surface area contributed by atoms with Crippen LogP contribution in [-0.2, 0) is 11.3 Å². The van der Waals surface area contributed by atoms with E-state index in [-0.39, 0.29) is 24.1 Å². The van der Waals surface area contributed by atoms with E-state index in [0.29, 0.717) is 33.5 Å². The predicted molar refractivity (Wildman–Crippen MR) is 136 cm³/mol. The van der Waals surface area contributed by atoms with Crippen molar-refractivity contribution < 1.29 is 4.79 Å². The van der Waals surface area contributed by atoms with Crippen LogP contribution in [0, 0.1) is 23.2 Å². The smallest absolute Gasteiger partial charge is 0.283 e. The Balaban J connectivity index is 1.50. The van der Waals surface area contributed by atoms with E-state index in [9.17, 15) is 9.59 Å². The van der Waals surface area contributed by atoms with Gasteiger partial charge in [-0.05, 0) is 77.4 Å². The van der Waals surface area contributed by atoms with Crippen molar-refractivity contribution in [1.82, 2.24) is 9.78 Å². The molecule has 3 saturated carbocycles. The van der Waals surface area contributed by atoms with Crippen molar-refractivity contribution in [2.75, 3.05) is 10.2 Å². The molecule has 1 heterocycles. The summed E-state index contributed by atoms with van der Waals surface area (Å²) in [4.78, 5) is 28.0. The van der Waals surface area contributed by atoms with E-state index in [0.717, 1.165) is 24.4 Å². The molecular weight excluding hydrogens is 480 g/mol. The fourth-order valence-electron chi connectivity index (χ4n) is 5.84. The zero-order chi connectivity index (χ0) is 23.9. The first-order valence-electron chi connectivity index (χ1n) is 12.0. The molecule has 33 heavy (non-hydrogen) atoms. The number of hydrogen-bond acceptors (Lipinski definition) is 4. The summed E-state index contributed by atoms with van der Waals surface area (Å²) in [5.74, 6) is 1.82. The number of para-hydroxylation sites is 1. The van der Waals surface area contributed by atoms with Crippen molar-refractivity contribution in [2.45, 2.75) is 72.5 Å². The van der Waals surface area contributed by atoms with Crippen LogP contribution in [0.4, 0.5) is 11.4 Å². The number of amides is 1. The summed E-state index contributed by atoms with van der Waals surface area (Å²) in [6, 6.07) is 9.93. The highest BCUT2D eigenvalue weighted by atomic mass is 79.9. The van der Waals surface area contributed by atoms with Gasteiger partial charge in [-0.25, -0.2) is 4.68 Å². The first kappa shape index (κ1) is 24.0.